The molecule has 0 spiro atoms. The van der Waals surface area contributed by atoms with E-state index in [1.54, 1.807) is 0 Å². The summed E-state index contributed by atoms with van der Waals surface area (Å²) in [5.74, 6) is 1.56. The van der Waals surface area contributed by atoms with Gasteiger partial charge in [0.1, 0.15) is 5.82 Å². The summed E-state index contributed by atoms with van der Waals surface area (Å²) < 4.78 is 1.02. The van der Waals surface area contributed by atoms with Crippen LogP contribution in [-0.4, -0.2) is 11.5 Å². The zero-order valence-electron chi connectivity index (χ0n) is 12.3. The monoisotopic (exact) mass is 332 g/mol. The number of aryl methyl sites for hydroxylation is 1. The van der Waals surface area contributed by atoms with E-state index in [1.165, 1.54) is 11.1 Å². The molecule has 0 aliphatic carbocycles. The van der Waals surface area contributed by atoms with Gasteiger partial charge in [0, 0.05) is 17.2 Å². The Morgan fingerprint density at radius 3 is 2.50 bits per heavy atom. The molecule has 1 N–H and O–H groups in total. The molecular formula is C17H21BrN2. The van der Waals surface area contributed by atoms with E-state index in [4.69, 9.17) is 0 Å². The highest BCUT2D eigenvalue weighted by Crippen LogP contribution is 2.17. The molecule has 0 aliphatic heterocycles. The summed E-state index contributed by atoms with van der Waals surface area (Å²) in [5.41, 5.74) is 3.92. The van der Waals surface area contributed by atoms with Crippen LogP contribution in [0.4, 0.5) is 5.82 Å². The average molecular weight is 333 g/mol. The lowest BCUT2D eigenvalue weighted by atomic mass is 10.0. The van der Waals surface area contributed by atoms with Gasteiger partial charge >= 0.3 is 0 Å². The van der Waals surface area contributed by atoms with Crippen LogP contribution in [0.3, 0.4) is 0 Å². The number of nitrogens with one attached hydrogen (secondary N) is 1. The minimum absolute atomic E-state index is 0.594. The fourth-order valence-electron chi connectivity index (χ4n) is 2.12. The van der Waals surface area contributed by atoms with Gasteiger partial charge in [0.05, 0.1) is 0 Å². The van der Waals surface area contributed by atoms with E-state index in [0.717, 1.165) is 28.8 Å². The highest BCUT2D eigenvalue weighted by molar-refractivity contribution is 9.10. The maximum atomic E-state index is 4.39. The van der Waals surface area contributed by atoms with Gasteiger partial charge in [-0.1, -0.05) is 38.1 Å². The molecule has 2 aromatic rings. The van der Waals surface area contributed by atoms with Crippen molar-refractivity contribution in [1.82, 2.24) is 4.98 Å². The highest BCUT2D eigenvalue weighted by atomic mass is 79.9. The fourth-order valence-corrected chi connectivity index (χ4v) is 2.57. The van der Waals surface area contributed by atoms with Crippen molar-refractivity contribution < 1.29 is 0 Å². The van der Waals surface area contributed by atoms with Gasteiger partial charge in [0.25, 0.3) is 0 Å². The molecule has 2 nitrogen and oxygen atoms in total. The Bertz CT molecular complexity index is 562. The van der Waals surface area contributed by atoms with Crippen molar-refractivity contribution in [1.29, 1.82) is 0 Å². The summed E-state index contributed by atoms with van der Waals surface area (Å²) in [4.78, 5) is 4.39. The molecule has 0 saturated carbocycles. The van der Waals surface area contributed by atoms with Crippen molar-refractivity contribution in [3.05, 3.63) is 57.7 Å². The van der Waals surface area contributed by atoms with Crippen LogP contribution in [0.5, 0.6) is 0 Å². The summed E-state index contributed by atoms with van der Waals surface area (Å²) in [5, 5.41) is 3.39. The molecule has 1 aromatic heterocycles. The van der Waals surface area contributed by atoms with Gasteiger partial charge in [-0.05, 0) is 57.9 Å². The molecule has 1 aromatic carbocycles. The summed E-state index contributed by atoms with van der Waals surface area (Å²) in [6.07, 6.45) is 2.84. The molecule has 0 aliphatic rings. The molecule has 0 fully saturated rings. The van der Waals surface area contributed by atoms with Crippen molar-refractivity contribution in [2.24, 2.45) is 0 Å². The van der Waals surface area contributed by atoms with Crippen molar-refractivity contribution >= 4 is 21.7 Å². The van der Waals surface area contributed by atoms with E-state index < -0.39 is 0 Å². The Morgan fingerprint density at radius 1 is 1.20 bits per heavy atom. The van der Waals surface area contributed by atoms with Gasteiger partial charge < -0.3 is 5.32 Å². The molecular weight excluding hydrogens is 312 g/mol. The first kappa shape index (κ1) is 15.0. The lowest BCUT2D eigenvalue weighted by Gasteiger charge is -2.10. The Kier molecular flexibility index (Phi) is 5.18. The van der Waals surface area contributed by atoms with Crippen LogP contribution >= 0.6 is 15.9 Å². The summed E-state index contributed by atoms with van der Waals surface area (Å²) >= 11 is 3.43. The predicted octanol–water partition coefficient (Wildman–Crippen LogP) is 4.93. The zero-order valence-corrected chi connectivity index (χ0v) is 13.9. The smallest absolute Gasteiger partial charge is 0.128 e. The third-order valence-corrected chi connectivity index (χ3v) is 3.83. The normalized spacial score (nSPS) is 10.8. The number of hydrogen-bond acceptors (Lipinski definition) is 2. The van der Waals surface area contributed by atoms with Crippen LogP contribution in [0.15, 0.2) is 41.0 Å². The summed E-state index contributed by atoms with van der Waals surface area (Å²) in [7, 11) is 0. The van der Waals surface area contributed by atoms with Crippen LogP contribution in [0, 0.1) is 6.92 Å². The SMILES string of the molecule is Cc1cc(Br)cnc1NCCc1ccc(C(C)C)cc1. The number of aromatic nitrogens is 1. The van der Waals surface area contributed by atoms with Crippen LogP contribution in [-0.2, 0) is 6.42 Å². The van der Waals surface area contributed by atoms with Crippen molar-refractivity contribution in [2.45, 2.75) is 33.1 Å². The summed E-state index contributed by atoms with van der Waals surface area (Å²) in [6.45, 7) is 7.41. The third-order valence-electron chi connectivity index (χ3n) is 3.40. The van der Waals surface area contributed by atoms with Crippen molar-refractivity contribution in [3.8, 4) is 0 Å². The molecule has 3 heteroatoms. The van der Waals surface area contributed by atoms with E-state index >= 15 is 0 Å². The molecule has 2 rings (SSSR count). The number of pyridine rings is 1. The molecule has 0 amide bonds. The second kappa shape index (κ2) is 6.89. The quantitative estimate of drug-likeness (QED) is 0.839. The summed E-state index contributed by atoms with van der Waals surface area (Å²) in [6, 6.07) is 11.0. The van der Waals surface area contributed by atoms with E-state index in [2.05, 4.69) is 77.3 Å². The predicted molar refractivity (Wildman–Crippen MR) is 89.4 cm³/mol. The highest BCUT2D eigenvalue weighted by Gasteiger charge is 2.01. The van der Waals surface area contributed by atoms with E-state index in [9.17, 15) is 0 Å². The Morgan fingerprint density at radius 2 is 1.90 bits per heavy atom. The average Bonchev–Trinajstić information content (AvgIpc) is 2.42. The minimum atomic E-state index is 0.594. The molecule has 0 atom stereocenters. The number of nitrogens with zero attached hydrogens (tertiary/aromatic N) is 1. The number of hydrogen-bond donors (Lipinski definition) is 1. The second-order valence-corrected chi connectivity index (χ2v) is 6.31. The van der Waals surface area contributed by atoms with Crippen LogP contribution < -0.4 is 5.32 Å². The number of anilines is 1. The first-order valence-corrected chi connectivity index (χ1v) is 7.80. The molecule has 0 saturated heterocycles. The van der Waals surface area contributed by atoms with Gasteiger partial charge in [0.15, 0.2) is 0 Å². The Labute approximate surface area is 129 Å². The lowest BCUT2D eigenvalue weighted by molar-refractivity contribution is 0.864. The van der Waals surface area contributed by atoms with Gasteiger partial charge in [-0.3, -0.25) is 0 Å². The molecule has 20 heavy (non-hydrogen) atoms. The minimum Gasteiger partial charge on any atom is -0.370 e. The van der Waals surface area contributed by atoms with Crippen molar-refractivity contribution in [3.63, 3.8) is 0 Å². The van der Waals surface area contributed by atoms with Crippen LogP contribution in [0.1, 0.15) is 36.5 Å². The molecule has 0 bridgehead atoms. The fraction of sp³-hybridized carbons (Fsp3) is 0.353. The Balaban J connectivity index is 1.89. The van der Waals surface area contributed by atoms with Crippen molar-refractivity contribution in [2.75, 3.05) is 11.9 Å². The maximum absolute atomic E-state index is 4.39. The second-order valence-electron chi connectivity index (χ2n) is 5.39. The molecule has 1 heterocycles. The van der Waals surface area contributed by atoms with Crippen LogP contribution in [0.25, 0.3) is 0 Å². The number of halogens is 1. The molecule has 0 radical (unpaired) electrons. The van der Waals surface area contributed by atoms with Gasteiger partial charge in [-0.2, -0.15) is 0 Å². The maximum Gasteiger partial charge on any atom is 0.128 e. The molecule has 106 valence electrons. The van der Waals surface area contributed by atoms with Gasteiger partial charge in [-0.25, -0.2) is 4.98 Å². The van der Waals surface area contributed by atoms with E-state index in [0.29, 0.717) is 5.92 Å². The van der Waals surface area contributed by atoms with Gasteiger partial charge in [0.2, 0.25) is 0 Å². The Hall–Kier alpha value is -1.35. The lowest BCUT2D eigenvalue weighted by Crippen LogP contribution is -2.07. The largest absolute Gasteiger partial charge is 0.370 e. The first-order chi connectivity index (χ1) is 9.56. The molecule has 0 unspecified atom stereocenters. The van der Waals surface area contributed by atoms with E-state index in [1.807, 2.05) is 6.20 Å². The number of rotatable bonds is 5. The van der Waals surface area contributed by atoms with Gasteiger partial charge in [-0.15, -0.1) is 0 Å². The van der Waals surface area contributed by atoms with E-state index in [-0.39, 0.29) is 0 Å². The number of benzene rings is 1. The standard InChI is InChI=1S/C17H21BrN2/c1-12(2)15-6-4-14(5-7-15)8-9-19-17-13(3)10-16(18)11-20-17/h4-7,10-12H,8-9H2,1-3H3,(H,19,20). The van der Waals surface area contributed by atoms with Crippen LogP contribution in [0.2, 0.25) is 0 Å². The first-order valence-electron chi connectivity index (χ1n) is 7.01. The third kappa shape index (κ3) is 4.07. The topological polar surface area (TPSA) is 24.9 Å². The zero-order chi connectivity index (χ0) is 14.5.